The molecule has 0 aromatic rings. The number of amides is 1. The van der Waals surface area contributed by atoms with E-state index in [-0.39, 0.29) is 17.4 Å². The average Bonchev–Trinajstić information content (AvgIpc) is 2.17. The Morgan fingerprint density at radius 3 is 2.67 bits per heavy atom. The van der Waals surface area contributed by atoms with Crippen LogP contribution in [-0.2, 0) is 4.79 Å². The van der Waals surface area contributed by atoms with Crippen LogP contribution in [-0.4, -0.2) is 36.5 Å². The second-order valence-corrected chi connectivity index (χ2v) is 5.88. The van der Waals surface area contributed by atoms with Gasteiger partial charge in [-0.15, -0.1) is 0 Å². The lowest BCUT2D eigenvalue weighted by molar-refractivity contribution is -0.133. The maximum Gasteiger partial charge on any atom is 0.239 e. The molecule has 0 radical (unpaired) electrons. The van der Waals surface area contributed by atoms with Gasteiger partial charge in [-0.1, -0.05) is 27.7 Å². The molecule has 1 N–H and O–H groups in total. The molecule has 0 saturated carbocycles. The second kappa shape index (κ2) is 4.52. The Bertz CT molecular complexity index is 236. The summed E-state index contributed by atoms with van der Waals surface area (Å²) in [6.45, 7) is 13.3. The summed E-state index contributed by atoms with van der Waals surface area (Å²) < 4.78 is 0. The van der Waals surface area contributed by atoms with Gasteiger partial charge in [-0.3, -0.25) is 4.79 Å². The van der Waals surface area contributed by atoms with Crippen molar-refractivity contribution in [2.24, 2.45) is 11.3 Å². The minimum Gasteiger partial charge on any atom is -0.341 e. The molecule has 1 amide bonds. The zero-order chi connectivity index (χ0) is 11.6. The summed E-state index contributed by atoms with van der Waals surface area (Å²) in [4.78, 5) is 14.0. The molecule has 88 valence electrons. The average molecular weight is 212 g/mol. The molecule has 0 aliphatic carbocycles. The van der Waals surface area contributed by atoms with E-state index in [4.69, 9.17) is 0 Å². The summed E-state index contributed by atoms with van der Waals surface area (Å²) in [5.74, 6) is 0.782. The number of nitrogens with zero attached hydrogens (tertiary/aromatic N) is 1. The Labute approximate surface area is 93.2 Å². The normalized spacial score (nSPS) is 26.9. The first kappa shape index (κ1) is 12.5. The van der Waals surface area contributed by atoms with Gasteiger partial charge in [-0.25, -0.2) is 0 Å². The Morgan fingerprint density at radius 2 is 2.13 bits per heavy atom. The molecular formula is C12H24N2O. The van der Waals surface area contributed by atoms with Crippen molar-refractivity contribution in [3.8, 4) is 0 Å². The lowest BCUT2D eigenvalue weighted by atomic mass is 9.93. The molecule has 1 aliphatic rings. The minimum absolute atomic E-state index is 0.0366. The highest BCUT2D eigenvalue weighted by Gasteiger charge is 2.32. The SMILES string of the molecule is CC(C)CN1CC(C)(C)CNC(C)C1=O. The summed E-state index contributed by atoms with van der Waals surface area (Å²) in [5.41, 5.74) is 0.176. The first-order valence-corrected chi connectivity index (χ1v) is 5.84. The molecule has 0 spiro atoms. The van der Waals surface area contributed by atoms with Gasteiger partial charge in [-0.2, -0.15) is 0 Å². The van der Waals surface area contributed by atoms with E-state index in [9.17, 15) is 4.79 Å². The summed E-state index contributed by atoms with van der Waals surface area (Å²) in [6.07, 6.45) is 0. The number of hydrogen-bond donors (Lipinski definition) is 1. The summed E-state index contributed by atoms with van der Waals surface area (Å²) in [7, 11) is 0. The van der Waals surface area contributed by atoms with Crippen molar-refractivity contribution >= 4 is 5.91 Å². The largest absolute Gasteiger partial charge is 0.341 e. The van der Waals surface area contributed by atoms with Crippen molar-refractivity contribution in [2.75, 3.05) is 19.6 Å². The molecule has 1 saturated heterocycles. The van der Waals surface area contributed by atoms with E-state index in [1.54, 1.807) is 0 Å². The fourth-order valence-electron chi connectivity index (χ4n) is 2.04. The molecule has 1 atom stereocenters. The lowest BCUT2D eigenvalue weighted by Gasteiger charge is -2.30. The Hall–Kier alpha value is -0.570. The summed E-state index contributed by atoms with van der Waals surface area (Å²) >= 11 is 0. The predicted molar refractivity (Wildman–Crippen MR) is 62.7 cm³/mol. The Balaban J connectivity index is 2.75. The topological polar surface area (TPSA) is 32.3 Å². The van der Waals surface area contributed by atoms with Crippen molar-refractivity contribution in [1.82, 2.24) is 10.2 Å². The summed E-state index contributed by atoms with van der Waals surface area (Å²) in [5, 5.41) is 3.30. The smallest absolute Gasteiger partial charge is 0.239 e. The van der Waals surface area contributed by atoms with Gasteiger partial charge in [-0.05, 0) is 18.3 Å². The first-order valence-electron chi connectivity index (χ1n) is 5.84. The quantitative estimate of drug-likeness (QED) is 0.752. The molecule has 3 nitrogen and oxygen atoms in total. The minimum atomic E-state index is -0.0366. The molecule has 3 heteroatoms. The molecule has 0 aromatic carbocycles. The number of carbonyl (C=O) groups excluding carboxylic acids is 1. The zero-order valence-electron chi connectivity index (χ0n) is 10.6. The molecule has 1 unspecified atom stereocenters. The van der Waals surface area contributed by atoms with Crippen LogP contribution < -0.4 is 5.32 Å². The number of rotatable bonds is 2. The van der Waals surface area contributed by atoms with Gasteiger partial charge in [0, 0.05) is 19.6 Å². The van der Waals surface area contributed by atoms with Crippen LogP contribution in [0.15, 0.2) is 0 Å². The van der Waals surface area contributed by atoms with Crippen LogP contribution in [0.25, 0.3) is 0 Å². The Morgan fingerprint density at radius 1 is 1.53 bits per heavy atom. The van der Waals surface area contributed by atoms with E-state index in [1.807, 2.05) is 11.8 Å². The van der Waals surface area contributed by atoms with E-state index in [0.29, 0.717) is 5.92 Å². The van der Waals surface area contributed by atoms with Gasteiger partial charge in [0.2, 0.25) is 5.91 Å². The molecule has 0 bridgehead atoms. The first-order chi connectivity index (χ1) is 6.82. The van der Waals surface area contributed by atoms with Gasteiger partial charge >= 0.3 is 0 Å². The number of nitrogens with one attached hydrogen (secondary N) is 1. The van der Waals surface area contributed by atoms with Gasteiger partial charge in [0.1, 0.15) is 0 Å². The fraction of sp³-hybridized carbons (Fsp3) is 0.917. The highest BCUT2D eigenvalue weighted by molar-refractivity contribution is 5.81. The van der Waals surface area contributed by atoms with E-state index >= 15 is 0 Å². The van der Waals surface area contributed by atoms with Gasteiger partial charge in [0.15, 0.2) is 0 Å². The number of hydrogen-bond acceptors (Lipinski definition) is 2. The van der Waals surface area contributed by atoms with Crippen molar-refractivity contribution < 1.29 is 4.79 Å². The summed E-state index contributed by atoms with van der Waals surface area (Å²) in [6, 6.07) is -0.0366. The van der Waals surface area contributed by atoms with Crippen molar-refractivity contribution in [1.29, 1.82) is 0 Å². The second-order valence-electron chi connectivity index (χ2n) is 5.88. The van der Waals surface area contributed by atoms with Crippen molar-refractivity contribution in [3.63, 3.8) is 0 Å². The van der Waals surface area contributed by atoms with Gasteiger partial charge in [0.25, 0.3) is 0 Å². The highest BCUT2D eigenvalue weighted by Crippen LogP contribution is 2.20. The van der Waals surface area contributed by atoms with Crippen LogP contribution in [0.5, 0.6) is 0 Å². The van der Waals surface area contributed by atoms with Crippen LogP contribution in [0.2, 0.25) is 0 Å². The maximum atomic E-state index is 12.0. The third kappa shape index (κ3) is 3.49. The van der Waals surface area contributed by atoms with Gasteiger partial charge < -0.3 is 10.2 Å². The van der Waals surface area contributed by atoms with Gasteiger partial charge in [0.05, 0.1) is 6.04 Å². The van der Waals surface area contributed by atoms with Crippen LogP contribution in [0.1, 0.15) is 34.6 Å². The molecule has 15 heavy (non-hydrogen) atoms. The molecular weight excluding hydrogens is 188 g/mol. The van der Waals surface area contributed by atoms with Crippen LogP contribution in [0, 0.1) is 11.3 Å². The third-order valence-electron chi connectivity index (χ3n) is 2.77. The Kier molecular flexibility index (Phi) is 3.77. The molecule has 1 fully saturated rings. The fourth-order valence-corrected chi connectivity index (χ4v) is 2.04. The monoisotopic (exact) mass is 212 g/mol. The number of carbonyl (C=O) groups is 1. The highest BCUT2D eigenvalue weighted by atomic mass is 16.2. The van der Waals surface area contributed by atoms with Crippen molar-refractivity contribution in [2.45, 2.75) is 40.7 Å². The molecule has 0 aromatic heterocycles. The third-order valence-corrected chi connectivity index (χ3v) is 2.77. The van der Waals surface area contributed by atoms with E-state index < -0.39 is 0 Å². The molecule has 1 aliphatic heterocycles. The van der Waals surface area contributed by atoms with Crippen LogP contribution >= 0.6 is 0 Å². The maximum absolute atomic E-state index is 12.0. The van der Waals surface area contributed by atoms with E-state index in [1.165, 1.54) is 0 Å². The van der Waals surface area contributed by atoms with E-state index in [0.717, 1.165) is 19.6 Å². The predicted octanol–water partition coefficient (Wildman–Crippen LogP) is 1.49. The van der Waals surface area contributed by atoms with Crippen LogP contribution in [0.3, 0.4) is 0 Å². The zero-order valence-corrected chi connectivity index (χ0v) is 10.6. The molecule has 1 rings (SSSR count). The molecule has 1 heterocycles. The lowest BCUT2D eigenvalue weighted by Crippen LogP contribution is -2.43. The standard InChI is InChI=1S/C12H24N2O/c1-9(2)6-14-8-12(4,5)7-13-10(3)11(14)15/h9-10,13H,6-8H2,1-5H3. The van der Waals surface area contributed by atoms with Crippen LogP contribution in [0.4, 0.5) is 0 Å². The van der Waals surface area contributed by atoms with Crippen molar-refractivity contribution in [3.05, 3.63) is 0 Å². The van der Waals surface area contributed by atoms with E-state index in [2.05, 4.69) is 33.0 Å².